The van der Waals surface area contributed by atoms with Crippen LogP contribution in [0.4, 0.5) is 5.69 Å². The number of aryl methyl sites for hydroxylation is 2. The Morgan fingerprint density at radius 1 is 1.08 bits per heavy atom. The van der Waals surface area contributed by atoms with Crippen molar-refractivity contribution in [2.45, 2.75) is 27.2 Å². The van der Waals surface area contributed by atoms with E-state index in [9.17, 15) is 14.9 Å². The second-order valence-electron chi connectivity index (χ2n) is 8.54. The molecule has 37 heavy (non-hydrogen) atoms. The number of anilines is 1. The zero-order valence-electron chi connectivity index (χ0n) is 20.9. The number of carbonyl (C=O) groups excluding carboxylic acids is 1. The Labute approximate surface area is 219 Å². The van der Waals surface area contributed by atoms with Crippen molar-refractivity contribution >= 4 is 34.6 Å². The molecule has 186 valence electrons. The van der Waals surface area contributed by atoms with Gasteiger partial charge in [0.15, 0.2) is 5.57 Å². The highest BCUT2D eigenvalue weighted by atomic mass is 32.1. The van der Waals surface area contributed by atoms with Gasteiger partial charge in [-0.3, -0.25) is 14.2 Å². The van der Waals surface area contributed by atoms with Gasteiger partial charge in [-0.05, 0) is 61.7 Å². The predicted octanol–water partition coefficient (Wildman–Crippen LogP) is 4.45. The van der Waals surface area contributed by atoms with Gasteiger partial charge in [-0.25, -0.2) is 0 Å². The molecule has 4 rings (SSSR count). The zero-order chi connectivity index (χ0) is 26.4. The van der Waals surface area contributed by atoms with Crippen molar-refractivity contribution in [1.82, 2.24) is 4.57 Å². The summed E-state index contributed by atoms with van der Waals surface area (Å²) in [4.78, 5) is 27.0. The molecule has 4 aromatic rings. The van der Waals surface area contributed by atoms with E-state index in [-0.39, 0.29) is 15.8 Å². The lowest BCUT2D eigenvalue weighted by Gasteiger charge is -2.08. The number of aromatic nitrogens is 1. The molecule has 0 aliphatic rings. The lowest BCUT2D eigenvalue weighted by molar-refractivity contribution is -0.111. The maximum atomic E-state index is 13.8. The quantitative estimate of drug-likeness (QED) is 0.399. The average molecular weight is 510 g/mol. The topological polar surface area (TPSA) is 84.1 Å². The van der Waals surface area contributed by atoms with E-state index in [1.165, 1.54) is 4.57 Å². The van der Waals surface area contributed by atoms with Gasteiger partial charge >= 0.3 is 0 Å². The molecule has 7 heteroatoms. The monoisotopic (exact) mass is 509 g/mol. The zero-order valence-corrected chi connectivity index (χ0v) is 21.8. The third kappa shape index (κ3) is 5.71. The van der Waals surface area contributed by atoms with Crippen LogP contribution in [0.3, 0.4) is 0 Å². The molecule has 6 nitrogen and oxygen atoms in total. The fourth-order valence-electron chi connectivity index (χ4n) is 3.88. The van der Waals surface area contributed by atoms with Crippen LogP contribution in [-0.2, 0) is 4.79 Å². The van der Waals surface area contributed by atoms with Crippen LogP contribution in [0.5, 0.6) is 5.75 Å². The standard InChI is InChI=1S/C30H27N3O3S/c1-4-16-36-26-15-8-6-12-22(26)18-27-29(35)33(25-14-7-5-11-21(25)3)30(37-27)24(19-31)28(34)32-23-13-9-10-20(2)17-23/h5-15,17-18H,4,16H2,1-3H3,(H,32,34). The molecule has 0 aliphatic carbocycles. The molecule has 1 N–H and O–H groups in total. The number of carbonyl (C=O) groups is 1. The largest absolute Gasteiger partial charge is 0.493 e. The summed E-state index contributed by atoms with van der Waals surface area (Å²) in [5.74, 6) is 0.0951. The minimum Gasteiger partial charge on any atom is -0.493 e. The van der Waals surface area contributed by atoms with Gasteiger partial charge in [0.1, 0.15) is 16.5 Å². The number of amides is 1. The predicted molar refractivity (Wildman–Crippen MR) is 149 cm³/mol. The molecule has 1 amide bonds. The van der Waals surface area contributed by atoms with Crippen LogP contribution in [0.2, 0.25) is 0 Å². The van der Waals surface area contributed by atoms with Crippen LogP contribution in [-0.4, -0.2) is 17.1 Å². The Morgan fingerprint density at radius 3 is 2.57 bits per heavy atom. The summed E-state index contributed by atoms with van der Waals surface area (Å²) >= 11 is 1.11. The van der Waals surface area contributed by atoms with Crippen LogP contribution in [0.25, 0.3) is 17.3 Å². The molecule has 0 aliphatic heterocycles. The highest BCUT2D eigenvalue weighted by molar-refractivity contribution is 7.07. The summed E-state index contributed by atoms with van der Waals surface area (Å²) in [6.07, 6.45) is 2.61. The molecule has 1 heterocycles. The molecule has 0 unspecified atom stereocenters. The number of nitrogens with one attached hydrogen (secondary N) is 1. The molecule has 0 atom stereocenters. The second kappa shape index (κ2) is 11.5. The molecule has 1 aromatic heterocycles. The highest BCUT2D eigenvalue weighted by Gasteiger charge is 2.18. The second-order valence-corrected chi connectivity index (χ2v) is 9.57. The van der Waals surface area contributed by atoms with Gasteiger partial charge in [-0.1, -0.05) is 55.5 Å². The smallest absolute Gasteiger partial charge is 0.273 e. The molecule has 0 bridgehead atoms. The molecule has 0 saturated carbocycles. The molecule has 0 spiro atoms. The summed E-state index contributed by atoms with van der Waals surface area (Å²) in [6.45, 7) is 6.39. The number of benzene rings is 3. The Kier molecular flexibility index (Phi) is 8.02. The average Bonchev–Trinajstić information content (AvgIpc) is 3.19. The van der Waals surface area contributed by atoms with Crippen LogP contribution in [0.1, 0.15) is 30.0 Å². The molecular formula is C30H27N3O3S. The normalized spacial score (nSPS) is 12.1. The van der Waals surface area contributed by atoms with Crippen LogP contribution >= 0.6 is 11.3 Å². The van der Waals surface area contributed by atoms with Gasteiger partial charge in [-0.2, -0.15) is 5.26 Å². The minimum absolute atomic E-state index is 0.137. The van der Waals surface area contributed by atoms with Crippen molar-refractivity contribution in [3.63, 3.8) is 0 Å². The Bertz CT molecular complexity index is 1680. The first-order valence-corrected chi connectivity index (χ1v) is 12.8. The van der Waals surface area contributed by atoms with E-state index >= 15 is 0 Å². The van der Waals surface area contributed by atoms with E-state index in [2.05, 4.69) is 5.32 Å². The maximum absolute atomic E-state index is 13.8. The van der Waals surface area contributed by atoms with Crippen molar-refractivity contribution < 1.29 is 9.53 Å². The fourth-order valence-corrected chi connectivity index (χ4v) is 4.97. The van der Waals surface area contributed by atoms with Gasteiger partial charge in [0.25, 0.3) is 11.5 Å². The molecule has 3 aromatic carbocycles. The van der Waals surface area contributed by atoms with Crippen molar-refractivity contribution in [3.05, 3.63) is 109 Å². The Hall–Kier alpha value is -4.41. The van der Waals surface area contributed by atoms with Crippen molar-refractivity contribution in [1.29, 1.82) is 5.26 Å². The van der Waals surface area contributed by atoms with Crippen LogP contribution < -0.4 is 24.8 Å². The van der Waals surface area contributed by atoms with Gasteiger partial charge in [0.05, 0.1) is 16.8 Å². The molecular weight excluding hydrogens is 482 g/mol. The summed E-state index contributed by atoms with van der Waals surface area (Å²) in [7, 11) is 0. The van der Waals surface area contributed by atoms with Gasteiger partial charge < -0.3 is 10.1 Å². The summed E-state index contributed by atoms with van der Waals surface area (Å²) in [5, 5.41) is 12.9. The SMILES string of the molecule is CCCOc1ccccc1C=c1sc(=C(C#N)C(=O)Nc2cccc(C)c2)n(-c2ccccc2C)c1=O. The summed E-state index contributed by atoms with van der Waals surface area (Å²) in [6, 6.07) is 24.3. The van der Waals surface area contributed by atoms with E-state index < -0.39 is 5.91 Å². The number of para-hydroxylation sites is 2. The van der Waals surface area contributed by atoms with E-state index in [1.54, 1.807) is 12.1 Å². The fraction of sp³-hybridized carbons (Fsp3) is 0.167. The third-order valence-corrected chi connectivity index (χ3v) is 6.77. The van der Waals surface area contributed by atoms with Gasteiger partial charge in [0, 0.05) is 11.3 Å². The summed E-state index contributed by atoms with van der Waals surface area (Å²) in [5.41, 5.74) is 3.32. The van der Waals surface area contributed by atoms with E-state index in [0.29, 0.717) is 28.3 Å². The molecule has 0 fully saturated rings. The lowest BCUT2D eigenvalue weighted by atomic mass is 10.2. The summed E-state index contributed by atoms with van der Waals surface area (Å²) < 4.78 is 7.98. The number of nitriles is 1. The van der Waals surface area contributed by atoms with E-state index in [1.807, 2.05) is 93.6 Å². The Morgan fingerprint density at radius 2 is 1.84 bits per heavy atom. The maximum Gasteiger partial charge on any atom is 0.273 e. The first-order chi connectivity index (χ1) is 17.9. The van der Waals surface area contributed by atoms with Crippen LogP contribution in [0.15, 0.2) is 77.6 Å². The third-order valence-electron chi connectivity index (χ3n) is 5.68. The minimum atomic E-state index is -0.574. The number of hydrogen-bond donors (Lipinski definition) is 1. The van der Waals surface area contributed by atoms with Gasteiger partial charge in [0.2, 0.25) is 0 Å². The number of thiazole rings is 1. The Balaban J connectivity index is 1.97. The van der Waals surface area contributed by atoms with Gasteiger partial charge in [-0.15, -0.1) is 11.3 Å². The van der Waals surface area contributed by atoms with E-state index in [4.69, 9.17) is 4.74 Å². The van der Waals surface area contributed by atoms with Crippen molar-refractivity contribution in [2.75, 3.05) is 11.9 Å². The highest BCUT2D eigenvalue weighted by Crippen LogP contribution is 2.19. The lowest BCUT2D eigenvalue weighted by Crippen LogP contribution is -2.32. The first-order valence-electron chi connectivity index (χ1n) is 12.0. The molecule has 0 radical (unpaired) electrons. The van der Waals surface area contributed by atoms with Crippen molar-refractivity contribution in [2.24, 2.45) is 0 Å². The van der Waals surface area contributed by atoms with Crippen molar-refractivity contribution in [3.8, 4) is 17.5 Å². The number of rotatable bonds is 7. The number of hydrogen-bond acceptors (Lipinski definition) is 5. The number of nitrogens with zero attached hydrogens (tertiary/aromatic N) is 2. The van der Waals surface area contributed by atoms with Crippen LogP contribution in [0, 0.1) is 25.2 Å². The number of ether oxygens (including phenoxy) is 1. The first kappa shape index (κ1) is 25.7. The van der Waals surface area contributed by atoms with E-state index in [0.717, 1.165) is 34.4 Å². The molecule has 0 saturated heterocycles.